The molecule has 0 aromatic carbocycles. The molecule has 112 valence electrons. The fraction of sp³-hybridized carbons (Fsp3) is 0.933. The molecule has 0 aromatic rings. The molecule has 0 atom stereocenters. The second kappa shape index (κ2) is 7.25. The van der Waals surface area contributed by atoms with Crippen molar-refractivity contribution in [3.8, 4) is 0 Å². The molecule has 1 rings (SSSR count). The van der Waals surface area contributed by atoms with Crippen molar-refractivity contribution < 1.29 is 9.53 Å². The van der Waals surface area contributed by atoms with Crippen LogP contribution in [0, 0.1) is 10.8 Å². The van der Waals surface area contributed by atoms with Crippen molar-refractivity contribution in [3.05, 3.63) is 0 Å². The maximum atomic E-state index is 12.4. The highest BCUT2D eigenvalue weighted by Gasteiger charge is 2.39. The van der Waals surface area contributed by atoms with Crippen molar-refractivity contribution in [1.82, 2.24) is 5.32 Å². The average Bonchev–Trinajstić information content (AvgIpc) is 2.40. The Labute approximate surface area is 117 Å². The lowest BCUT2D eigenvalue weighted by molar-refractivity contribution is -0.132. The summed E-state index contributed by atoms with van der Waals surface area (Å²) in [5, 5.41) is 3.15. The van der Waals surface area contributed by atoms with Gasteiger partial charge in [-0.1, -0.05) is 20.3 Å². The van der Waals surface area contributed by atoms with Crippen LogP contribution in [0.3, 0.4) is 0 Å². The van der Waals surface area contributed by atoms with Gasteiger partial charge in [-0.05, 0) is 37.5 Å². The zero-order valence-electron chi connectivity index (χ0n) is 12.8. The van der Waals surface area contributed by atoms with Gasteiger partial charge in [0.25, 0.3) is 0 Å². The Kier molecular flexibility index (Phi) is 6.27. The summed E-state index contributed by atoms with van der Waals surface area (Å²) < 4.78 is 5.18. The van der Waals surface area contributed by atoms with Gasteiger partial charge in [-0.15, -0.1) is 0 Å². The van der Waals surface area contributed by atoms with E-state index in [1.807, 2.05) is 13.8 Å². The third kappa shape index (κ3) is 3.69. The van der Waals surface area contributed by atoms with Crippen molar-refractivity contribution in [2.45, 2.75) is 52.4 Å². The van der Waals surface area contributed by atoms with Crippen LogP contribution in [0.5, 0.6) is 0 Å². The SMILES string of the molecule is CCC(CC)(CN)C(=O)NCC1(CCOC)CCC1. The van der Waals surface area contributed by atoms with E-state index in [9.17, 15) is 4.79 Å². The highest BCUT2D eigenvalue weighted by molar-refractivity contribution is 5.82. The smallest absolute Gasteiger partial charge is 0.227 e. The number of hydrogen-bond donors (Lipinski definition) is 2. The van der Waals surface area contributed by atoms with Crippen molar-refractivity contribution in [1.29, 1.82) is 0 Å². The van der Waals surface area contributed by atoms with Gasteiger partial charge in [0, 0.05) is 26.8 Å². The van der Waals surface area contributed by atoms with E-state index in [4.69, 9.17) is 10.5 Å². The lowest BCUT2D eigenvalue weighted by atomic mass is 9.66. The highest BCUT2D eigenvalue weighted by atomic mass is 16.5. The van der Waals surface area contributed by atoms with Crippen LogP contribution in [0.4, 0.5) is 0 Å². The fourth-order valence-corrected chi connectivity index (χ4v) is 2.92. The van der Waals surface area contributed by atoms with E-state index in [-0.39, 0.29) is 16.7 Å². The van der Waals surface area contributed by atoms with Crippen LogP contribution in [-0.2, 0) is 9.53 Å². The van der Waals surface area contributed by atoms with Gasteiger partial charge in [-0.2, -0.15) is 0 Å². The van der Waals surface area contributed by atoms with Gasteiger partial charge in [0.15, 0.2) is 0 Å². The summed E-state index contributed by atoms with van der Waals surface area (Å²) in [7, 11) is 1.73. The summed E-state index contributed by atoms with van der Waals surface area (Å²) in [5.74, 6) is 0.128. The van der Waals surface area contributed by atoms with E-state index in [1.54, 1.807) is 7.11 Å². The van der Waals surface area contributed by atoms with Gasteiger partial charge in [0.05, 0.1) is 5.41 Å². The Hall–Kier alpha value is -0.610. The number of nitrogens with one attached hydrogen (secondary N) is 1. The Balaban J connectivity index is 2.52. The molecule has 0 aromatic heterocycles. The van der Waals surface area contributed by atoms with Crippen LogP contribution in [0.1, 0.15) is 52.4 Å². The minimum atomic E-state index is -0.383. The van der Waals surface area contributed by atoms with E-state index in [1.165, 1.54) is 19.3 Å². The zero-order valence-corrected chi connectivity index (χ0v) is 12.8. The van der Waals surface area contributed by atoms with Gasteiger partial charge < -0.3 is 15.8 Å². The zero-order chi connectivity index (χ0) is 14.4. The Morgan fingerprint density at radius 2 is 2.00 bits per heavy atom. The first-order chi connectivity index (χ1) is 9.08. The van der Waals surface area contributed by atoms with Crippen LogP contribution in [-0.4, -0.2) is 32.7 Å². The Morgan fingerprint density at radius 3 is 2.37 bits per heavy atom. The first-order valence-corrected chi connectivity index (χ1v) is 7.55. The molecular weight excluding hydrogens is 240 g/mol. The third-order valence-electron chi connectivity index (χ3n) is 5.10. The van der Waals surface area contributed by atoms with Gasteiger partial charge in [0.2, 0.25) is 5.91 Å². The third-order valence-corrected chi connectivity index (χ3v) is 5.10. The number of methoxy groups -OCH3 is 1. The molecule has 1 aliphatic rings. The first kappa shape index (κ1) is 16.4. The maximum Gasteiger partial charge on any atom is 0.227 e. The predicted molar refractivity (Wildman–Crippen MR) is 77.9 cm³/mol. The largest absolute Gasteiger partial charge is 0.385 e. The standard InChI is InChI=1S/C15H30N2O2/c1-4-15(5-2,11-16)13(18)17-12-14(7-6-8-14)9-10-19-3/h4-12,16H2,1-3H3,(H,17,18). The second-order valence-electron chi connectivity index (χ2n) is 5.97. The summed E-state index contributed by atoms with van der Waals surface area (Å²) in [6, 6.07) is 0. The minimum absolute atomic E-state index is 0.128. The molecule has 19 heavy (non-hydrogen) atoms. The number of amides is 1. The highest BCUT2D eigenvalue weighted by Crippen LogP contribution is 2.43. The molecule has 0 bridgehead atoms. The molecule has 0 aliphatic heterocycles. The number of rotatable bonds is 9. The van der Waals surface area contributed by atoms with Crippen LogP contribution in [0.15, 0.2) is 0 Å². The molecular formula is C15H30N2O2. The molecule has 0 unspecified atom stereocenters. The number of carbonyl (C=O) groups excluding carboxylic acids is 1. The van der Waals surface area contributed by atoms with Crippen molar-refractivity contribution >= 4 is 5.91 Å². The molecule has 0 heterocycles. The summed E-state index contributed by atoms with van der Waals surface area (Å²) >= 11 is 0. The average molecular weight is 270 g/mol. The summed E-state index contributed by atoms with van der Waals surface area (Å²) in [6.07, 6.45) is 6.31. The number of carbonyl (C=O) groups is 1. The van der Waals surface area contributed by atoms with Crippen LogP contribution < -0.4 is 11.1 Å². The Bertz CT molecular complexity index is 276. The van der Waals surface area contributed by atoms with E-state index >= 15 is 0 Å². The molecule has 0 spiro atoms. The molecule has 0 radical (unpaired) electrons. The number of ether oxygens (including phenoxy) is 1. The van der Waals surface area contributed by atoms with Crippen LogP contribution in [0.2, 0.25) is 0 Å². The summed E-state index contributed by atoms with van der Waals surface area (Å²) in [5.41, 5.74) is 5.70. The lowest BCUT2D eigenvalue weighted by Gasteiger charge is -2.43. The molecule has 4 nitrogen and oxygen atoms in total. The second-order valence-corrected chi connectivity index (χ2v) is 5.97. The van der Waals surface area contributed by atoms with E-state index in [0.717, 1.165) is 32.4 Å². The van der Waals surface area contributed by atoms with E-state index < -0.39 is 0 Å². The fourth-order valence-electron chi connectivity index (χ4n) is 2.92. The molecule has 1 amide bonds. The van der Waals surface area contributed by atoms with E-state index in [0.29, 0.717) is 6.54 Å². The molecule has 4 heteroatoms. The molecule has 3 N–H and O–H groups in total. The van der Waals surface area contributed by atoms with Crippen molar-refractivity contribution in [2.75, 3.05) is 26.8 Å². The normalized spacial score (nSPS) is 17.9. The van der Waals surface area contributed by atoms with E-state index in [2.05, 4.69) is 5.32 Å². The molecule has 1 fully saturated rings. The topological polar surface area (TPSA) is 64.4 Å². The van der Waals surface area contributed by atoms with Crippen molar-refractivity contribution in [2.24, 2.45) is 16.6 Å². The first-order valence-electron chi connectivity index (χ1n) is 7.55. The number of nitrogens with two attached hydrogens (primary N) is 1. The van der Waals surface area contributed by atoms with Crippen LogP contribution >= 0.6 is 0 Å². The molecule has 1 aliphatic carbocycles. The van der Waals surface area contributed by atoms with Crippen molar-refractivity contribution in [3.63, 3.8) is 0 Å². The maximum absolute atomic E-state index is 12.4. The minimum Gasteiger partial charge on any atom is -0.385 e. The van der Waals surface area contributed by atoms with Gasteiger partial charge in [0.1, 0.15) is 0 Å². The molecule has 1 saturated carbocycles. The Morgan fingerprint density at radius 1 is 1.37 bits per heavy atom. The quantitative estimate of drug-likeness (QED) is 0.674. The van der Waals surface area contributed by atoms with Crippen LogP contribution in [0.25, 0.3) is 0 Å². The van der Waals surface area contributed by atoms with Gasteiger partial charge in [-0.3, -0.25) is 4.79 Å². The lowest BCUT2D eigenvalue weighted by Crippen LogP contribution is -2.50. The summed E-state index contributed by atoms with van der Waals surface area (Å²) in [6.45, 7) is 6.06. The summed E-state index contributed by atoms with van der Waals surface area (Å²) in [4.78, 5) is 12.4. The van der Waals surface area contributed by atoms with Gasteiger partial charge in [-0.25, -0.2) is 0 Å². The monoisotopic (exact) mass is 270 g/mol. The number of hydrogen-bond acceptors (Lipinski definition) is 3. The molecule has 0 saturated heterocycles. The predicted octanol–water partition coefficient (Wildman–Crippen LogP) is 2.07. The van der Waals surface area contributed by atoms with Gasteiger partial charge >= 0.3 is 0 Å².